The van der Waals surface area contributed by atoms with Crippen molar-refractivity contribution >= 4 is 5.91 Å². The quantitative estimate of drug-likeness (QED) is 0.570. The molecule has 104 valence electrons. The Bertz CT molecular complexity index is 300. The van der Waals surface area contributed by atoms with Gasteiger partial charge in [-0.1, -0.05) is 11.6 Å². The molecule has 0 aromatic carbocycles. The van der Waals surface area contributed by atoms with E-state index in [1.807, 2.05) is 5.32 Å². The molecule has 0 radical (unpaired) electrons. The molecule has 1 rings (SSSR count). The van der Waals surface area contributed by atoms with Gasteiger partial charge in [0.05, 0.1) is 6.54 Å². The second-order valence-corrected chi connectivity index (χ2v) is 4.43. The van der Waals surface area contributed by atoms with Crippen LogP contribution in [0.3, 0.4) is 0 Å². The largest absolute Gasteiger partial charge is 0.405 e. The van der Waals surface area contributed by atoms with E-state index in [0.717, 1.165) is 19.3 Å². The number of hydrogen-bond acceptors (Lipinski definition) is 2. The number of alkyl halides is 3. The highest BCUT2D eigenvalue weighted by Crippen LogP contribution is 2.19. The zero-order valence-electron chi connectivity index (χ0n) is 10.3. The lowest BCUT2D eigenvalue weighted by Gasteiger charge is -2.13. The Labute approximate surface area is 105 Å². The molecule has 0 unspecified atom stereocenters. The summed E-state index contributed by atoms with van der Waals surface area (Å²) in [5, 5.41) is 4.67. The molecule has 1 amide bonds. The van der Waals surface area contributed by atoms with Crippen LogP contribution >= 0.6 is 0 Å². The molecule has 18 heavy (non-hydrogen) atoms. The van der Waals surface area contributed by atoms with E-state index in [9.17, 15) is 18.0 Å². The van der Waals surface area contributed by atoms with Crippen LogP contribution in [0.15, 0.2) is 11.6 Å². The van der Waals surface area contributed by atoms with Crippen molar-refractivity contribution in [2.24, 2.45) is 0 Å². The molecule has 0 saturated carbocycles. The lowest BCUT2D eigenvalue weighted by Crippen LogP contribution is -2.39. The number of rotatable bonds is 6. The first-order valence-electron chi connectivity index (χ1n) is 6.19. The van der Waals surface area contributed by atoms with E-state index >= 15 is 0 Å². The summed E-state index contributed by atoms with van der Waals surface area (Å²) in [6.45, 7) is -0.701. The maximum Gasteiger partial charge on any atom is 0.405 e. The number of carbonyl (C=O) groups excluding carboxylic acids is 1. The number of halogens is 3. The predicted molar refractivity (Wildman–Crippen MR) is 63.1 cm³/mol. The molecule has 0 atom stereocenters. The summed E-state index contributed by atoms with van der Waals surface area (Å²) in [6.07, 6.45) is 3.39. The highest BCUT2D eigenvalue weighted by molar-refractivity contribution is 5.77. The minimum atomic E-state index is -4.34. The van der Waals surface area contributed by atoms with Gasteiger partial charge in [0, 0.05) is 0 Å². The fourth-order valence-corrected chi connectivity index (χ4v) is 1.84. The first kappa shape index (κ1) is 15.0. The normalized spacial score (nSPS) is 16.3. The van der Waals surface area contributed by atoms with E-state index in [0.29, 0.717) is 6.54 Å². The van der Waals surface area contributed by atoms with Gasteiger partial charge in [0.1, 0.15) is 6.54 Å². The molecule has 0 aromatic rings. The lowest BCUT2D eigenvalue weighted by molar-refractivity contribution is -0.137. The Balaban J connectivity index is 2.03. The third-order valence-electron chi connectivity index (χ3n) is 2.78. The van der Waals surface area contributed by atoms with Gasteiger partial charge in [-0.3, -0.25) is 4.79 Å². The Morgan fingerprint density at radius 1 is 1.33 bits per heavy atom. The fraction of sp³-hybridized carbons (Fsp3) is 0.750. The molecule has 6 heteroatoms. The first-order chi connectivity index (χ1) is 8.47. The second kappa shape index (κ2) is 7.41. The maximum absolute atomic E-state index is 11.8. The summed E-state index contributed by atoms with van der Waals surface area (Å²) in [4.78, 5) is 11.1. The van der Waals surface area contributed by atoms with Gasteiger partial charge >= 0.3 is 6.18 Å². The molecule has 0 fully saturated rings. The molecule has 2 N–H and O–H groups in total. The summed E-state index contributed by atoms with van der Waals surface area (Å²) in [5.74, 6) is -0.620. The van der Waals surface area contributed by atoms with E-state index in [-0.39, 0.29) is 6.54 Å². The zero-order valence-corrected chi connectivity index (χ0v) is 10.3. The average Bonchev–Trinajstić information content (AvgIpc) is 2.33. The molecule has 1 aliphatic rings. The lowest BCUT2D eigenvalue weighted by atomic mass is 9.97. The van der Waals surface area contributed by atoms with Crippen molar-refractivity contribution in [1.29, 1.82) is 0 Å². The third-order valence-corrected chi connectivity index (χ3v) is 2.78. The molecule has 0 aromatic heterocycles. The molecule has 1 aliphatic carbocycles. The third kappa shape index (κ3) is 7.32. The van der Waals surface area contributed by atoms with Crippen molar-refractivity contribution in [2.75, 3.05) is 19.6 Å². The zero-order chi connectivity index (χ0) is 13.4. The number of carbonyl (C=O) groups is 1. The molecule has 0 bridgehead atoms. The van der Waals surface area contributed by atoms with Crippen LogP contribution in [0.5, 0.6) is 0 Å². The standard InChI is InChI=1S/C12H19F3N2O/c13-12(14,15)9-17-11(18)8-16-7-6-10-4-2-1-3-5-10/h4,16H,1-3,5-9H2,(H,17,18). The Morgan fingerprint density at radius 3 is 2.72 bits per heavy atom. The second-order valence-electron chi connectivity index (χ2n) is 4.43. The Kier molecular flexibility index (Phi) is 6.18. The summed E-state index contributed by atoms with van der Waals surface area (Å²) >= 11 is 0. The Morgan fingerprint density at radius 2 is 2.11 bits per heavy atom. The molecule has 3 nitrogen and oxygen atoms in total. The van der Waals surface area contributed by atoms with Gasteiger partial charge in [-0.15, -0.1) is 0 Å². The predicted octanol–water partition coefficient (Wildman–Crippen LogP) is 2.15. The maximum atomic E-state index is 11.8. The summed E-state index contributed by atoms with van der Waals surface area (Å²) in [6, 6.07) is 0. The topological polar surface area (TPSA) is 41.1 Å². The molecule has 0 heterocycles. The molecular weight excluding hydrogens is 245 g/mol. The molecule has 0 aliphatic heterocycles. The van der Waals surface area contributed by atoms with Gasteiger partial charge in [-0.2, -0.15) is 13.2 Å². The van der Waals surface area contributed by atoms with Crippen molar-refractivity contribution in [2.45, 2.75) is 38.3 Å². The average molecular weight is 264 g/mol. The van der Waals surface area contributed by atoms with E-state index in [1.165, 1.54) is 18.4 Å². The van der Waals surface area contributed by atoms with E-state index in [1.54, 1.807) is 0 Å². The van der Waals surface area contributed by atoms with Gasteiger partial charge in [0.2, 0.25) is 5.91 Å². The molecular formula is C12H19F3N2O. The summed E-state index contributed by atoms with van der Waals surface area (Å²) in [5.41, 5.74) is 1.38. The highest BCUT2D eigenvalue weighted by atomic mass is 19.4. The van der Waals surface area contributed by atoms with Crippen LogP contribution in [0, 0.1) is 0 Å². The molecule has 0 saturated heterocycles. The monoisotopic (exact) mass is 264 g/mol. The number of nitrogens with one attached hydrogen (secondary N) is 2. The van der Waals surface area contributed by atoms with Crippen LogP contribution in [-0.2, 0) is 4.79 Å². The number of amides is 1. The van der Waals surface area contributed by atoms with Crippen molar-refractivity contribution in [3.8, 4) is 0 Å². The SMILES string of the molecule is O=C(CNCCC1=CCCCC1)NCC(F)(F)F. The van der Waals surface area contributed by atoms with Crippen LogP contribution in [0.1, 0.15) is 32.1 Å². The minimum Gasteiger partial charge on any atom is -0.346 e. The van der Waals surface area contributed by atoms with E-state index in [4.69, 9.17) is 0 Å². The smallest absolute Gasteiger partial charge is 0.346 e. The van der Waals surface area contributed by atoms with Gasteiger partial charge in [0.15, 0.2) is 0 Å². The minimum absolute atomic E-state index is 0.0661. The number of allylic oxidation sites excluding steroid dienone is 1. The van der Waals surface area contributed by atoms with Crippen LogP contribution in [-0.4, -0.2) is 31.7 Å². The fourth-order valence-electron chi connectivity index (χ4n) is 1.84. The van der Waals surface area contributed by atoms with Gasteiger partial charge in [-0.05, 0) is 38.6 Å². The van der Waals surface area contributed by atoms with Crippen LogP contribution < -0.4 is 10.6 Å². The van der Waals surface area contributed by atoms with E-state index in [2.05, 4.69) is 11.4 Å². The van der Waals surface area contributed by atoms with Gasteiger partial charge in [0.25, 0.3) is 0 Å². The van der Waals surface area contributed by atoms with Gasteiger partial charge < -0.3 is 10.6 Å². The van der Waals surface area contributed by atoms with Crippen LogP contribution in [0.25, 0.3) is 0 Å². The molecule has 0 spiro atoms. The highest BCUT2D eigenvalue weighted by Gasteiger charge is 2.27. The summed E-state index contributed by atoms with van der Waals surface area (Å²) in [7, 11) is 0. The summed E-state index contributed by atoms with van der Waals surface area (Å²) < 4.78 is 35.4. The van der Waals surface area contributed by atoms with Crippen molar-refractivity contribution in [3.63, 3.8) is 0 Å². The van der Waals surface area contributed by atoms with Gasteiger partial charge in [-0.25, -0.2) is 0 Å². The van der Waals surface area contributed by atoms with Crippen molar-refractivity contribution in [3.05, 3.63) is 11.6 Å². The van der Waals surface area contributed by atoms with Crippen LogP contribution in [0.4, 0.5) is 13.2 Å². The number of hydrogen-bond donors (Lipinski definition) is 2. The van der Waals surface area contributed by atoms with E-state index < -0.39 is 18.6 Å². The Hall–Kier alpha value is -1.04. The van der Waals surface area contributed by atoms with Crippen LogP contribution in [0.2, 0.25) is 0 Å². The first-order valence-corrected chi connectivity index (χ1v) is 6.19. The van der Waals surface area contributed by atoms with Crippen molar-refractivity contribution < 1.29 is 18.0 Å². The van der Waals surface area contributed by atoms with Crippen molar-refractivity contribution in [1.82, 2.24) is 10.6 Å².